The van der Waals surface area contributed by atoms with Crippen molar-refractivity contribution in [3.63, 3.8) is 0 Å². The molecule has 32 heavy (non-hydrogen) atoms. The molecule has 1 saturated heterocycles. The topological polar surface area (TPSA) is 191 Å². The Morgan fingerprint density at radius 3 is 2.78 bits per heavy atom. The molecule has 0 bridgehead atoms. The Labute approximate surface area is 181 Å². The normalized spacial score (nSPS) is 20.5. The number of aromatic amines is 2. The third kappa shape index (κ3) is 6.00. The van der Waals surface area contributed by atoms with Crippen LogP contribution in [0.2, 0.25) is 0 Å². The Hall–Kier alpha value is -3.55. The van der Waals surface area contributed by atoms with Gasteiger partial charge in [-0.2, -0.15) is 0 Å². The summed E-state index contributed by atoms with van der Waals surface area (Å²) in [5, 5.41) is 24.2. The molecule has 0 saturated carbocycles. The monoisotopic (exact) mass is 448 g/mol. The molecule has 3 heterocycles. The maximum absolute atomic E-state index is 12.1. The van der Waals surface area contributed by atoms with Crippen molar-refractivity contribution in [1.29, 1.82) is 0 Å². The molecule has 2 aromatic rings. The fourth-order valence-corrected chi connectivity index (χ4v) is 3.11. The molecule has 0 aromatic carbocycles. The summed E-state index contributed by atoms with van der Waals surface area (Å²) in [6.45, 7) is -0.0260. The highest BCUT2D eigenvalue weighted by Crippen LogP contribution is 2.27. The van der Waals surface area contributed by atoms with Gasteiger partial charge in [0.2, 0.25) is 11.8 Å². The molecule has 0 spiro atoms. The SMILES string of the molecule is O=C(/C=C/c1cn([C@H]2C[C@H](O)[C@@H](CO)O2)c(=O)[nH]c1=O)NCCNC(=O)Cc1cnc[nH]1. The molecule has 1 fully saturated rings. The highest BCUT2D eigenvalue weighted by molar-refractivity contribution is 5.91. The molecule has 1 aliphatic rings. The van der Waals surface area contributed by atoms with Crippen molar-refractivity contribution < 1.29 is 24.5 Å². The number of nitrogens with one attached hydrogen (secondary N) is 4. The van der Waals surface area contributed by atoms with Gasteiger partial charge in [0.15, 0.2) is 0 Å². The third-order valence-electron chi connectivity index (χ3n) is 4.76. The number of carbonyl (C=O) groups is 2. The average Bonchev–Trinajstić information content (AvgIpc) is 3.39. The first-order valence-corrected chi connectivity index (χ1v) is 9.87. The number of aliphatic hydroxyl groups excluding tert-OH is 2. The van der Waals surface area contributed by atoms with E-state index in [1.54, 1.807) is 6.20 Å². The number of rotatable bonds is 9. The molecule has 0 radical (unpaired) electrons. The second kappa shape index (κ2) is 10.7. The number of ether oxygens (including phenoxy) is 1. The Morgan fingerprint density at radius 2 is 2.09 bits per heavy atom. The van der Waals surface area contributed by atoms with Gasteiger partial charge in [-0.1, -0.05) is 0 Å². The Balaban J connectivity index is 1.52. The van der Waals surface area contributed by atoms with Gasteiger partial charge in [-0.15, -0.1) is 0 Å². The van der Waals surface area contributed by atoms with Crippen LogP contribution in [-0.2, 0) is 20.7 Å². The first-order valence-electron chi connectivity index (χ1n) is 9.87. The number of hydrogen-bond donors (Lipinski definition) is 6. The molecule has 0 aliphatic carbocycles. The number of amides is 2. The van der Waals surface area contributed by atoms with E-state index < -0.39 is 42.2 Å². The van der Waals surface area contributed by atoms with Crippen molar-refractivity contribution in [2.45, 2.75) is 31.3 Å². The van der Waals surface area contributed by atoms with Gasteiger partial charge in [-0.3, -0.25) is 23.9 Å². The summed E-state index contributed by atoms with van der Waals surface area (Å²) in [6.07, 6.45) is 4.15. The molecule has 0 unspecified atom stereocenters. The van der Waals surface area contributed by atoms with Crippen LogP contribution in [0.25, 0.3) is 6.08 Å². The first kappa shape index (κ1) is 23.1. The second-order valence-electron chi connectivity index (χ2n) is 7.09. The standard InChI is InChI=1S/C19H24N6O7/c26-9-14-13(27)6-17(32-14)25-8-11(18(30)24-19(25)31)1-2-15(28)21-3-4-22-16(29)5-12-7-20-10-23-12/h1-2,7-8,10,13-14,17,26-27H,3-6,9H2,(H,20,23)(H,21,28)(H,22,29)(H,24,30,31)/b2-1+/t13-,14+,17+/m0/s1. The first-order chi connectivity index (χ1) is 15.4. The number of aromatic nitrogens is 4. The van der Waals surface area contributed by atoms with E-state index in [-0.39, 0.29) is 37.4 Å². The summed E-state index contributed by atoms with van der Waals surface area (Å²) in [4.78, 5) is 56.6. The van der Waals surface area contributed by atoms with Crippen molar-refractivity contribution in [2.24, 2.45) is 0 Å². The number of nitrogens with zero attached hydrogens (tertiary/aromatic N) is 2. The van der Waals surface area contributed by atoms with Crippen LogP contribution in [0.3, 0.4) is 0 Å². The van der Waals surface area contributed by atoms with E-state index in [1.165, 1.54) is 18.6 Å². The van der Waals surface area contributed by atoms with Crippen LogP contribution in [0.5, 0.6) is 0 Å². The summed E-state index contributed by atoms with van der Waals surface area (Å²) >= 11 is 0. The van der Waals surface area contributed by atoms with Crippen LogP contribution in [0.15, 0.2) is 34.4 Å². The highest BCUT2D eigenvalue weighted by Gasteiger charge is 2.35. The zero-order chi connectivity index (χ0) is 23.1. The molecule has 13 nitrogen and oxygen atoms in total. The minimum Gasteiger partial charge on any atom is -0.394 e. The lowest BCUT2D eigenvalue weighted by atomic mass is 10.2. The predicted molar refractivity (Wildman–Crippen MR) is 110 cm³/mol. The summed E-state index contributed by atoms with van der Waals surface area (Å²) in [5.74, 6) is -0.728. The molecule has 3 atom stereocenters. The number of imidazole rings is 1. The smallest absolute Gasteiger partial charge is 0.330 e. The van der Waals surface area contributed by atoms with Gasteiger partial charge in [0, 0.05) is 43.7 Å². The number of H-pyrrole nitrogens is 2. The quantitative estimate of drug-likeness (QED) is 0.177. The molecule has 3 rings (SSSR count). The van der Waals surface area contributed by atoms with Gasteiger partial charge in [-0.25, -0.2) is 9.78 Å². The predicted octanol–water partition coefficient (Wildman–Crippen LogP) is -2.61. The van der Waals surface area contributed by atoms with Crippen LogP contribution in [0, 0.1) is 0 Å². The van der Waals surface area contributed by atoms with Crippen molar-refractivity contribution >= 4 is 17.9 Å². The van der Waals surface area contributed by atoms with E-state index in [4.69, 9.17) is 4.74 Å². The van der Waals surface area contributed by atoms with Gasteiger partial charge < -0.3 is 30.6 Å². The maximum atomic E-state index is 12.1. The van der Waals surface area contributed by atoms with Gasteiger partial charge in [0.1, 0.15) is 12.3 Å². The van der Waals surface area contributed by atoms with Gasteiger partial charge in [-0.05, 0) is 6.08 Å². The number of hydrogen-bond acceptors (Lipinski definition) is 8. The van der Waals surface area contributed by atoms with E-state index in [0.717, 1.165) is 10.6 Å². The van der Waals surface area contributed by atoms with Crippen LogP contribution in [0.4, 0.5) is 0 Å². The number of carbonyl (C=O) groups excluding carboxylic acids is 2. The lowest BCUT2D eigenvalue weighted by Crippen LogP contribution is -2.35. The van der Waals surface area contributed by atoms with Crippen LogP contribution in [0.1, 0.15) is 23.9 Å². The average molecular weight is 448 g/mol. The molecule has 172 valence electrons. The molecule has 2 aromatic heterocycles. The highest BCUT2D eigenvalue weighted by atomic mass is 16.5. The van der Waals surface area contributed by atoms with Crippen LogP contribution < -0.4 is 21.9 Å². The van der Waals surface area contributed by atoms with Gasteiger partial charge in [0.25, 0.3) is 5.56 Å². The van der Waals surface area contributed by atoms with E-state index in [9.17, 15) is 29.4 Å². The molecule has 13 heteroatoms. The minimum absolute atomic E-state index is 0.0261. The van der Waals surface area contributed by atoms with Gasteiger partial charge >= 0.3 is 5.69 Å². The van der Waals surface area contributed by atoms with Crippen molar-refractivity contribution in [3.05, 3.63) is 56.9 Å². The summed E-state index contributed by atoms with van der Waals surface area (Å²) in [6, 6.07) is 0. The van der Waals surface area contributed by atoms with Crippen LogP contribution in [-0.4, -0.2) is 73.5 Å². The van der Waals surface area contributed by atoms with E-state index >= 15 is 0 Å². The summed E-state index contributed by atoms with van der Waals surface area (Å²) in [7, 11) is 0. The zero-order valence-corrected chi connectivity index (χ0v) is 17.0. The fourth-order valence-electron chi connectivity index (χ4n) is 3.11. The Bertz CT molecular complexity index is 1070. The van der Waals surface area contributed by atoms with Crippen molar-refractivity contribution in [1.82, 2.24) is 30.2 Å². The minimum atomic E-state index is -0.950. The van der Waals surface area contributed by atoms with Crippen LogP contribution >= 0.6 is 0 Å². The summed E-state index contributed by atoms with van der Waals surface area (Å²) in [5.41, 5.74) is -0.736. The summed E-state index contributed by atoms with van der Waals surface area (Å²) < 4.78 is 6.52. The molecular formula is C19H24N6O7. The van der Waals surface area contributed by atoms with E-state index in [1.807, 2.05) is 0 Å². The second-order valence-corrected chi connectivity index (χ2v) is 7.09. The lowest BCUT2D eigenvalue weighted by Gasteiger charge is -2.14. The number of aliphatic hydroxyl groups is 2. The Kier molecular flexibility index (Phi) is 7.70. The fraction of sp³-hybridized carbons (Fsp3) is 0.421. The Morgan fingerprint density at radius 1 is 1.31 bits per heavy atom. The third-order valence-corrected chi connectivity index (χ3v) is 4.76. The van der Waals surface area contributed by atoms with E-state index in [0.29, 0.717) is 5.69 Å². The zero-order valence-electron chi connectivity index (χ0n) is 17.0. The molecule has 6 N–H and O–H groups in total. The van der Waals surface area contributed by atoms with E-state index in [2.05, 4.69) is 25.6 Å². The molecule has 2 amide bonds. The molecular weight excluding hydrogens is 424 g/mol. The molecule has 1 aliphatic heterocycles. The van der Waals surface area contributed by atoms with Gasteiger partial charge in [0.05, 0.1) is 31.0 Å². The van der Waals surface area contributed by atoms with Crippen molar-refractivity contribution in [3.8, 4) is 0 Å². The van der Waals surface area contributed by atoms with Crippen molar-refractivity contribution in [2.75, 3.05) is 19.7 Å². The lowest BCUT2D eigenvalue weighted by molar-refractivity contribution is -0.121. The largest absolute Gasteiger partial charge is 0.394 e. The maximum Gasteiger partial charge on any atom is 0.330 e.